The van der Waals surface area contributed by atoms with Crippen LogP contribution in [0, 0.1) is 11.8 Å². The van der Waals surface area contributed by atoms with Crippen LogP contribution in [0.25, 0.3) is 0 Å². The summed E-state index contributed by atoms with van der Waals surface area (Å²) in [7, 11) is 1.59. The van der Waals surface area contributed by atoms with Crippen molar-refractivity contribution in [2.24, 2.45) is 11.8 Å². The average molecular weight is 250 g/mol. The number of ketones is 1. The molecule has 18 heavy (non-hydrogen) atoms. The predicted octanol–water partition coefficient (Wildman–Crippen LogP) is 2.92. The van der Waals surface area contributed by atoms with E-state index in [2.05, 4.69) is 12.0 Å². The van der Waals surface area contributed by atoms with Gasteiger partial charge in [0, 0.05) is 12.5 Å². The molecule has 1 heterocycles. The first kappa shape index (κ1) is 13.1. The van der Waals surface area contributed by atoms with Crippen molar-refractivity contribution in [3.8, 4) is 5.75 Å². The Labute approximate surface area is 108 Å². The number of ether oxygens (including phenoxy) is 1. The minimum Gasteiger partial charge on any atom is -0.493 e. The summed E-state index contributed by atoms with van der Waals surface area (Å²) in [5.74, 6) is 1.61. The second-order valence-corrected chi connectivity index (χ2v) is 5.21. The normalized spacial score (nSPS) is 23.9. The fourth-order valence-corrected chi connectivity index (χ4v) is 2.87. The number of hydrogen-bond acceptors (Lipinski definition) is 3. The molecule has 1 aromatic heterocycles. The van der Waals surface area contributed by atoms with Crippen molar-refractivity contribution in [3.05, 3.63) is 11.9 Å². The van der Waals surface area contributed by atoms with E-state index >= 15 is 0 Å². The van der Waals surface area contributed by atoms with Crippen LogP contribution in [0.5, 0.6) is 5.75 Å². The number of carbonyl (C=O) groups excluding carboxylic acids is 1. The highest BCUT2D eigenvalue weighted by atomic mass is 16.5. The fourth-order valence-electron chi connectivity index (χ4n) is 2.87. The van der Waals surface area contributed by atoms with Gasteiger partial charge in [-0.1, -0.05) is 19.8 Å². The number of aryl methyl sites for hydroxylation is 1. The molecular weight excluding hydrogens is 228 g/mol. The second kappa shape index (κ2) is 5.55. The Kier molecular flexibility index (Phi) is 4.04. The Hall–Kier alpha value is -1.32. The summed E-state index contributed by atoms with van der Waals surface area (Å²) in [4.78, 5) is 12.6. The Morgan fingerprint density at radius 1 is 1.56 bits per heavy atom. The standard InChI is InChI=1S/C14H22N2O2/c1-4-16-13(12(18-3)9-15-16)14(17)11-7-5-6-10(2)8-11/h9-11H,4-8H2,1-3H3. The molecule has 0 radical (unpaired) electrons. The Balaban J connectivity index is 2.24. The molecule has 100 valence electrons. The van der Waals surface area contributed by atoms with Crippen molar-refractivity contribution in [1.82, 2.24) is 9.78 Å². The van der Waals surface area contributed by atoms with Gasteiger partial charge >= 0.3 is 0 Å². The van der Waals surface area contributed by atoms with E-state index in [4.69, 9.17) is 4.74 Å². The lowest BCUT2D eigenvalue weighted by atomic mass is 9.79. The van der Waals surface area contributed by atoms with Gasteiger partial charge in [-0.3, -0.25) is 9.48 Å². The molecule has 1 saturated carbocycles. The van der Waals surface area contributed by atoms with Gasteiger partial charge in [0.1, 0.15) is 5.69 Å². The molecular formula is C14H22N2O2. The maximum atomic E-state index is 12.6. The Morgan fingerprint density at radius 3 is 2.94 bits per heavy atom. The fraction of sp³-hybridized carbons (Fsp3) is 0.714. The SMILES string of the molecule is CCn1ncc(OC)c1C(=O)C1CCCC(C)C1. The van der Waals surface area contributed by atoms with Gasteiger partial charge in [0.2, 0.25) is 0 Å². The van der Waals surface area contributed by atoms with E-state index in [0.717, 1.165) is 19.3 Å². The third-order valence-electron chi connectivity index (χ3n) is 3.87. The third-order valence-corrected chi connectivity index (χ3v) is 3.87. The maximum Gasteiger partial charge on any atom is 0.187 e. The van der Waals surface area contributed by atoms with Crippen LogP contribution in [0.1, 0.15) is 50.0 Å². The van der Waals surface area contributed by atoms with Gasteiger partial charge in [-0.25, -0.2) is 0 Å². The van der Waals surface area contributed by atoms with Crippen molar-refractivity contribution in [2.45, 2.75) is 46.1 Å². The highest BCUT2D eigenvalue weighted by molar-refractivity contribution is 5.98. The maximum absolute atomic E-state index is 12.6. The van der Waals surface area contributed by atoms with Crippen molar-refractivity contribution < 1.29 is 9.53 Å². The molecule has 0 aromatic carbocycles. The first-order chi connectivity index (χ1) is 8.67. The van der Waals surface area contributed by atoms with E-state index in [1.165, 1.54) is 6.42 Å². The van der Waals surface area contributed by atoms with Gasteiger partial charge in [-0.15, -0.1) is 0 Å². The lowest BCUT2D eigenvalue weighted by Crippen LogP contribution is -2.24. The number of rotatable bonds is 4. The average Bonchev–Trinajstić information content (AvgIpc) is 2.80. The van der Waals surface area contributed by atoms with Gasteiger partial charge in [0.25, 0.3) is 0 Å². The van der Waals surface area contributed by atoms with Crippen LogP contribution in [0.3, 0.4) is 0 Å². The van der Waals surface area contributed by atoms with Crippen molar-refractivity contribution >= 4 is 5.78 Å². The molecule has 1 aromatic rings. The van der Waals surface area contributed by atoms with Crippen LogP contribution < -0.4 is 4.74 Å². The first-order valence-electron chi connectivity index (χ1n) is 6.81. The predicted molar refractivity (Wildman–Crippen MR) is 69.9 cm³/mol. The topological polar surface area (TPSA) is 44.1 Å². The summed E-state index contributed by atoms with van der Waals surface area (Å²) in [6.45, 7) is 4.92. The molecule has 2 atom stereocenters. The zero-order valence-corrected chi connectivity index (χ0v) is 11.5. The van der Waals surface area contributed by atoms with Crippen LogP contribution in [0.15, 0.2) is 6.20 Å². The molecule has 0 saturated heterocycles. The Bertz CT molecular complexity index is 404. The molecule has 0 N–H and O–H groups in total. The van der Waals surface area contributed by atoms with Crippen molar-refractivity contribution in [1.29, 1.82) is 0 Å². The van der Waals surface area contributed by atoms with Crippen LogP contribution in [0.4, 0.5) is 0 Å². The lowest BCUT2D eigenvalue weighted by Gasteiger charge is -2.25. The molecule has 2 unspecified atom stereocenters. The minimum absolute atomic E-state index is 0.143. The summed E-state index contributed by atoms with van der Waals surface area (Å²) in [5.41, 5.74) is 0.652. The van der Waals surface area contributed by atoms with Gasteiger partial charge in [0.05, 0.1) is 13.3 Å². The van der Waals surface area contributed by atoms with Gasteiger partial charge in [-0.2, -0.15) is 5.10 Å². The Morgan fingerprint density at radius 2 is 2.33 bits per heavy atom. The summed E-state index contributed by atoms with van der Waals surface area (Å²) in [5, 5.41) is 4.21. The van der Waals surface area contributed by atoms with Crippen LogP contribution >= 0.6 is 0 Å². The van der Waals surface area contributed by atoms with Gasteiger partial charge in [-0.05, 0) is 25.7 Å². The molecule has 4 heteroatoms. The van der Waals surface area contributed by atoms with E-state index in [0.29, 0.717) is 23.9 Å². The number of carbonyl (C=O) groups is 1. The third kappa shape index (κ3) is 2.42. The smallest absolute Gasteiger partial charge is 0.187 e. The molecule has 2 rings (SSSR count). The second-order valence-electron chi connectivity index (χ2n) is 5.21. The zero-order valence-electron chi connectivity index (χ0n) is 11.5. The largest absolute Gasteiger partial charge is 0.493 e. The zero-order chi connectivity index (χ0) is 13.1. The number of aromatic nitrogens is 2. The number of methoxy groups -OCH3 is 1. The van der Waals surface area contributed by atoms with E-state index in [-0.39, 0.29) is 11.7 Å². The number of Topliss-reactive ketones (excluding diaryl/α,β-unsaturated/α-hetero) is 1. The summed E-state index contributed by atoms with van der Waals surface area (Å²) in [6, 6.07) is 0. The van der Waals surface area contributed by atoms with E-state index in [1.54, 1.807) is 18.0 Å². The van der Waals surface area contributed by atoms with Crippen molar-refractivity contribution in [2.75, 3.05) is 7.11 Å². The van der Waals surface area contributed by atoms with Crippen LogP contribution in [-0.2, 0) is 6.54 Å². The monoisotopic (exact) mass is 250 g/mol. The molecule has 0 aliphatic heterocycles. The molecule has 0 bridgehead atoms. The van der Waals surface area contributed by atoms with E-state index in [9.17, 15) is 4.79 Å². The van der Waals surface area contributed by atoms with Gasteiger partial charge < -0.3 is 4.74 Å². The first-order valence-corrected chi connectivity index (χ1v) is 6.81. The van der Waals surface area contributed by atoms with Crippen molar-refractivity contribution in [3.63, 3.8) is 0 Å². The molecule has 0 amide bonds. The highest BCUT2D eigenvalue weighted by Crippen LogP contribution is 2.33. The summed E-state index contributed by atoms with van der Waals surface area (Å²) >= 11 is 0. The molecule has 4 nitrogen and oxygen atoms in total. The quantitative estimate of drug-likeness (QED) is 0.772. The summed E-state index contributed by atoms with van der Waals surface area (Å²) < 4.78 is 7.01. The van der Waals surface area contributed by atoms with E-state index < -0.39 is 0 Å². The molecule has 1 aliphatic carbocycles. The van der Waals surface area contributed by atoms with Crippen LogP contribution in [0.2, 0.25) is 0 Å². The number of nitrogens with zero attached hydrogens (tertiary/aromatic N) is 2. The highest BCUT2D eigenvalue weighted by Gasteiger charge is 2.30. The molecule has 1 aliphatic rings. The summed E-state index contributed by atoms with van der Waals surface area (Å²) in [6.07, 6.45) is 6.04. The van der Waals surface area contributed by atoms with Gasteiger partial charge in [0.15, 0.2) is 11.5 Å². The molecule has 0 spiro atoms. The number of hydrogen-bond donors (Lipinski definition) is 0. The minimum atomic E-state index is 0.143. The van der Waals surface area contributed by atoms with Crippen LogP contribution in [-0.4, -0.2) is 22.7 Å². The molecule has 1 fully saturated rings. The lowest BCUT2D eigenvalue weighted by molar-refractivity contribution is 0.0853. The van der Waals surface area contributed by atoms with E-state index in [1.807, 2.05) is 6.92 Å².